The number of rotatable bonds is 0. The number of hydrogen-bond acceptors (Lipinski definition) is 5. The molecule has 10 heteroatoms. The average Bonchev–Trinajstić information content (AvgIpc) is 2.35. The summed E-state index contributed by atoms with van der Waals surface area (Å²) in [7, 11) is -6.09. The molecule has 1 aliphatic heterocycles. The molecule has 0 atom stereocenters. The Kier molecular flexibility index (Phi) is 7.83. The van der Waals surface area contributed by atoms with Gasteiger partial charge in [-0.3, -0.25) is 4.79 Å². The number of halogens is 3. The molecule has 0 spiro atoms. The Morgan fingerprint density at radius 2 is 1.73 bits per heavy atom. The molecule has 0 unspecified atom stereocenters. The Morgan fingerprint density at radius 3 is 1.80 bits per heavy atom. The number of ether oxygens (including phenoxy) is 1. The van der Waals surface area contributed by atoms with Crippen molar-refractivity contribution in [2.24, 2.45) is 0 Å². The van der Waals surface area contributed by atoms with Crippen LogP contribution in [0, 0.1) is 0 Å². The van der Waals surface area contributed by atoms with E-state index in [1.165, 1.54) is 0 Å². The standard InChI is InChI=1S/C4H6O2.CHF3O3S.Na/c5-4-2-1-3-6-4;2-1(3,4)8(5,6)7;/h1-3H2;(H,5,6,7);/q;;+1/p-1. The molecule has 1 aliphatic rings. The molecule has 1 rings (SSSR count). The SMILES string of the molecule is O=C1CCCO1.O=S(=O)([O-])C(F)(F)F.[Na+]. The molecule has 15 heavy (non-hydrogen) atoms. The Morgan fingerprint density at radius 1 is 1.33 bits per heavy atom. The number of hydrogen-bond donors (Lipinski definition) is 0. The maximum absolute atomic E-state index is 10.7. The van der Waals surface area contributed by atoms with Gasteiger partial charge in [-0.2, -0.15) is 13.2 Å². The van der Waals surface area contributed by atoms with E-state index in [0.29, 0.717) is 13.0 Å². The van der Waals surface area contributed by atoms with Gasteiger partial charge in [0.15, 0.2) is 10.1 Å². The number of carbonyl (C=O) groups is 1. The molecule has 0 saturated carbocycles. The third-order valence-electron chi connectivity index (χ3n) is 1.07. The Balaban J connectivity index is 0. The van der Waals surface area contributed by atoms with Crippen molar-refractivity contribution in [1.29, 1.82) is 0 Å². The van der Waals surface area contributed by atoms with Gasteiger partial charge in [-0.1, -0.05) is 0 Å². The Labute approximate surface area is 106 Å². The maximum atomic E-state index is 10.7. The zero-order valence-corrected chi connectivity index (χ0v) is 10.5. The fourth-order valence-electron chi connectivity index (χ4n) is 0.475. The summed E-state index contributed by atoms with van der Waals surface area (Å²) in [5.41, 5.74) is -5.65. The van der Waals surface area contributed by atoms with Crippen LogP contribution in [0.3, 0.4) is 0 Å². The first-order chi connectivity index (χ1) is 6.14. The van der Waals surface area contributed by atoms with Gasteiger partial charge in [0, 0.05) is 6.42 Å². The fourth-order valence-corrected chi connectivity index (χ4v) is 0.475. The van der Waals surface area contributed by atoms with E-state index < -0.39 is 15.6 Å². The topological polar surface area (TPSA) is 83.5 Å². The van der Waals surface area contributed by atoms with Crippen molar-refractivity contribution in [2.45, 2.75) is 18.3 Å². The summed E-state index contributed by atoms with van der Waals surface area (Å²) in [4.78, 5) is 10.0. The van der Waals surface area contributed by atoms with Gasteiger partial charge >= 0.3 is 41.0 Å². The van der Waals surface area contributed by atoms with Crippen molar-refractivity contribution in [3.8, 4) is 0 Å². The van der Waals surface area contributed by atoms with E-state index in [0.717, 1.165) is 6.42 Å². The Hall–Kier alpha value is 0.170. The van der Waals surface area contributed by atoms with Crippen LogP contribution in [0.25, 0.3) is 0 Å². The minimum absolute atomic E-state index is 0. The minimum atomic E-state index is -6.09. The van der Waals surface area contributed by atoms with Crippen molar-refractivity contribution in [1.82, 2.24) is 0 Å². The van der Waals surface area contributed by atoms with Crippen molar-refractivity contribution in [3.63, 3.8) is 0 Å². The first kappa shape index (κ1) is 17.6. The second-order valence-corrected chi connectivity index (χ2v) is 3.60. The zero-order chi connectivity index (χ0) is 11.4. The molecule has 0 bridgehead atoms. The van der Waals surface area contributed by atoms with Crippen LogP contribution in [0.2, 0.25) is 0 Å². The van der Waals surface area contributed by atoms with E-state index in [9.17, 15) is 18.0 Å². The molecule has 0 N–H and O–H groups in total. The molecule has 0 amide bonds. The summed E-state index contributed by atoms with van der Waals surface area (Å²) in [5.74, 6) is -0.0463. The third-order valence-corrected chi connectivity index (χ3v) is 1.64. The van der Waals surface area contributed by atoms with Crippen molar-refractivity contribution in [3.05, 3.63) is 0 Å². The van der Waals surface area contributed by atoms with E-state index in [4.69, 9.17) is 13.0 Å². The molecule has 1 fully saturated rings. The van der Waals surface area contributed by atoms with Gasteiger partial charge < -0.3 is 9.29 Å². The van der Waals surface area contributed by atoms with Gasteiger partial charge in [0.1, 0.15) is 0 Å². The van der Waals surface area contributed by atoms with E-state index in [1.807, 2.05) is 0 Å². The van der Waals surface area contributed by atoms with Gasteiger partial charge in [0.25, 0.3) is 0 Å². The normalized spacial score (nSPS) is 15.9. The van der Waals surface area contributed by atoms with Crippen molar-refractivity contribution in [2.75, 3.05) is 6.61 Å². The molecule has 0 aromatic rings. The van der Waals surface area contributed by atoms with E-state index in [1.54, 1.807) is 0 Å². The van der Waals surface area contributed by atoms with Crippen LogP contribution in [0.5, 0.6) is 0 Å². The number of esters is 1. The van der Waals surface area contributed by atoms with E-state index in [2.05, 4.69) is 4.74 Å². The summed E-state index contributed by atoms with van der Waals surface area (Å²) in [6, 6.07) is 0. The molecule has 0 radical (unpaired) electrons. The average molecular weight is 258 g/mol. The van der Waals surface area contributed by atoms with Gasteiger partial charge in [0.05, 0.1) is 6.61 Å². The molecular weight excluding hydrogens is 252 g/mol. The van der Waals surface area contributed by atoms with Crippen LogP contribution in [-0.4, -0.2) is 31.1 Å². The molecule has 1 saturated heterocycles. The van der Waals surface area contributed by atoms with Crippen molar-refractivity contribution < 1.29 is 65.2 Å². The molecule has 0 aromatic heterocycles. The predicted octanol–water partition coefficient (Wildman–Crippen LogP) is -2.62. The molecule has 1 heterocycles. The largest absolute Gasteiger partial charge is 1.00 e. The van der Waals surface area contributed by atoms with Crippen LogP contribution in [-0.2, 0) is 19.6 Å². The quantitative estimate of drug-likeness (QED) is 0.205. The van der Waals surface area contributed by atoms with Crippen molar-refractivity contribution >= 4 is 16.1 Å². The smallest absolute Gasteiger partial charge is 0.741 e. The predicted molar refractivity (Wildman–Crippen MR) is 35.9 cm³/mol. The molecule has 0 aromatic carbocycles. The number of alkyl halides is 3. The van der Waals surface area contributed by atoms with Gasteiger partial charge in [-0.15, -0.1) is 0 Å². The minimum Gasteiger partial charge on any atom is -0.741 e. The maximum Gasteiger partial charge on any atom is 1.00 e. The first-order valence-corrected chi connectivity index (χ1v) is 4.73. The van der Waals surface area contributed by atoms with E-state index in [-0.39, 0.29) is 35.5 Å². The summed E-state index contributed by atoms with van der Waals surface area (Å²) in [5, 5.41) is 0. The first-order valence-electron chi connectivity index (χ1n) is 3.32. The molecule has 84 valence electrons. The molecular formula is C5H6F3NaO5S. The number of cyclic esters (lactones) is 1. The second kappa shape index (κ2) is 6.69. The van der Waals surface area contributed by atoms with Crippen LogP contribution in [0.1, 0.15) is 12.8 Å². The fraction of sp³-hybridized carbons (Fsp3) is 0.800. The van der Waals surface area contributed by atoms with E-state index >= 15 is 0 Å². The van der Waals surface area contributed by atoms with Gasteiger partial charge in [-0.05, 0) is 6.42 Å². The van der Waals surface area contributed by atoms with Gasteiger partial charge in [0.2, 0.25) is 0 Å². The summed E-state index contributed by atoms with van der Waals surface area (Å²) in [6.07, 6.45) is 1.54. The molecule has 0 aliphatic carbocycles. The monoisotopic (exact) mass is 258 g/mol. The van der Waals surface area contributed by atoms with Crippen LogP contribution < -0.4 is 29.6 Å². The van der Waals surface area contributed by atoms with Gasteiger partial charge in [-0.25, -0.2) is 8.42 Å². The Bertz CT molecular complexity index is 290. The third kappa shape index (κ3) is 8.03. The summed E-state index contributed by atoms with van der Waals surface area (Å²) in [6.45, 7) is 0.638. The number of carbonyl (C=O) groups excluding carboxylic acids is 1. The van der Waals surface area contributed by atoms with Crippen LogP contribution in [0.15, 0.2) is 0 Å². The zero-order valence-electron chi connectivity index (χ0n) is 7.70. The van der Waals surface area contributed by atoms with Crippen LogP contribution in [0.4, 0.5) is 13.2 Å². The summed E-state index contributed by atoms with van der Waals surface area (Å²) >= 11 is 0. The van der Waals surface area contributed by atoms with Crippen LogP contribution >= 0.6 is 0 Å². The molecule has 5 nitrogen and oxygen atoms in total. The summed E-state index contributed by atoms with van der Waals surface area (Å²) < 4.78 is 63.4. The second-order valence-electron chi connectivity index (χ2n) is 2.22.